The number of aromatic nitrogens is 1. The summed E-state index contributed by atoms with van der Waals surface area (Å²) in [6, 6.07) is 0.301. The summed E-state index contributed by atoms with van der Waals surface area (Å²) in [4.78, 5) is 84.6. The highest BCUT2D eigenvalue weighted by molar-refractivity contribution is 6.37. The minimum absolute atomic E-state index is 0.216. The molecule has 2 aliphatic rings. The number of aryl methyl sites for hydroxylation is 1. The van der Waals surface area contributed by atoms with Gasteiger partial charge in [0.15, 0.2) is 0 Å². The zero-order valence-corrected chi connectivity index (χ0v) is 27.4. The second-order valence-corrected chi connectivity index (χ2v) is 13.9. The molecule has 0 bridgehead atoms. The lowest BCUT2D eigenvalue weighted by atomic mass is 9.85. The van der Waals surface area contributed by atoms with E-state index in [9.17, 15) is 28.8 Å². The lowest BCUT2D eigenvalue weighted by Crippen LogP contribution is -2.61. The Morgan fingerprint density at radius 1 is 1.04 bits per heavy atom. The standard InChI is InChI=1S/C33H48N6O6/c1-17(2)21-14-15-39(25(21)30(43)36-23(16-20-12-13-20)27(41)29(34)42)31(44)28(33(6,7)8)38-32(45)37-24(18(3)4)26(40)22-11-9-10-19(5)35-22/h9-11,18,20-21,23-25,28H,1,12-16H2,2-8H3,(H2,34,42)(H,36,43)(H2,37,38,45)/t21-,23?,24+,25?,28-/m1/s1. The van der Waals surface area contributed by atoms with E-state index in [0.717, 1.165) is 12.8 Å². The zero-order chi connectivity index (χ0) is 33.8. The molecule has 3 rings (SSSR count). The molecule has 1 aromatic rings. The van der Waals surface area contributed by atoms with E-state index in [2.05, 4.69) is 27.5 Å². The van der Waals surface area contributed by atoms with Crippen molar-refractivity contribution in [3.63, 3.8) is 0 Å². The number of hydrogen-bond donors (Lipinski definition) is 4. The van der Waals surface area contributed by atoms with E-state index in [1.165, 1.54) is 4.90 Å². The van der Waals surface area contributed by atoms with Crippen LogP contribution < -0.4 is 21.7 Å². The molecule has 1 aromatic heterocycles. The Labute approximate surface area is 265 Å². The van der Waals surface area contributed by atoms with Crippen LogP contribution in [0.2, 0.25) is 0 Å². The molecule has 246 valence electrons. The molecule has 1 aliphatic carbocycles. The Kier molecular flexibility index (Phi) is 11.3. The average Bonchev–Trinajstić information content (AvgIpc) is 3.65. The molecular formula is C33H48N6O6. The highest BCUT2D eigenvalue weighted by Crippen LogP contribution is 2.35. The van der Waals surface area contributed by atoms with Gasteiger partial charge in [-0.1, -0.05) is 65.7 Å². The Morgan fingerprint density at radius 2 is 1.69 bits per heavy atom. The first-order valence-electron chi connectivity index (χ1n) is 15.6. The molecule has 12 heteroatoms. The minimum Gasteiger partial charge on any atom is -0.363 e. The van der Waals surface area contributed by atoms with Gasteiger partial charge in [-0.25, -0.2) is 9.78 Å². The van der Waals surface area contributed by atoms with Crippen LogP contribution in [0.25, 0.3) is 0 Å². The molecule has 1 aliphatic heterocycles. The van der Waals surface area contributed by atoms with Gasteiger partial charge in [0, 0.05) is 18.2 Å². The number of urea groups is 1. The van der Waals surface area contributed by atoms with Crippen LogP contribution in [-0.4, -0.2) is 75.9 Å². The van der Waals surface area contributed by atoms with Gasteiger partial charge in [-0.3, -0.25) is 24.0 Å². The Morgan fingerprint density at radius 3 is 2.20 bits per heavy atom. The Hall–Kier alpha value is -4.09. The Balaban J connectivity index is 1.84. The summed E-state index contributed by atoms with van der Waals surface area (Å²) >= 11 is 0. The van der Waals surface area contributed by atoms with Gasteiger partial charge in [0.25, 0.3) is 5.91 Å². The second-order valence-electron chi connectivity index (χ2n) is 13.9. The first-order valence-corrected chi connectivity index (χ1v) is 15.6. The largest absolute Gasteiger partial charge is 0.363 e. The number of nitrogens with one attached hydrogen (secondary N) is 3. The molecule has 5 N–H and O–H groups in total. The maximum atomic E-state index is 14.2. The third-order valence-corrected chi connectivity index (χ3v) is 8.49. The number of pyridine rings is 1. The van der Waals surface area contributed by atoms with E-state index in [0.29, 0.717) is 24.1 Å². The number of carbonyl (C=O) groups excluding carboxylic acids is 6. The van der Waals surface area contributed by atoms with E-state index in [-0.39, 0.29) is 29.9 Å². The van der Waals surface area contributed by atoms with Crippen LogP contribution in [0.1, 0.15) is 83.4 Å². The first kappa shape index (κ1) is 35.4. The molecule has 12 nitrogen and oxygen atoms in total. The monoisotopic (exact) mass is 624 g/mol. The van der Waals surface area contributed by atoms with Gasteiger partial charge in [-0.05, 0) is 56.1 Å². The van der Waals surface area contributed by atoms with Crippen molar-refractivity contribution in [3.05, 3.63) is 41.7 Å². The number of hydrogen-bond acceptors (Lipinski definition) is 7. The maximum Gasteiger partial charge on any atom is 0.316 e. The highest BCUT2D eigenvalue weighted by atomic mass is 16.2. The van der Waals surface area contributed by atoms with Crippen LogP contribution in [0, 0.1) is 30.1 Å². The topological polar surface area (TPSA) is 181 Å². The highest BCUT2D eigenvalue weighted by Gasteiger charge is 2.47. The lowest BCUT2D eigenvalue weighted by Gasteiger charge is -2.37. The number of rotatable bonds is 13. The van der Waals surface area contributed by atoms with Crippen LogP contribution in [0.4, 0.5) is 4.79 Å². The molecular weight excluding hydrogens is 576 g/mol. The fourth-order valence-corrected chi connectivity index (χ4v) is 5.73. The predicted octanol–water partition coefficient (Wildman–Crippen LogP) is 2.44. The molecule has 1 saturated heterocycles. The van der Waals surface area contributed by atoms with E-state index in [4.69, 9.17) is 5.73 Å². The number of likely N-dealkylation sites (tertiary alicyclic amines) is 1. The van der Waals surface area contributed by atoms with Gasteiger partial charge in [0.2, 0.25) is 23.4 Å². The van der Waals surface area contributed by atoms with E-state index in [1.807, 2.05) is 0 Å². The van der Waals surface area contributed by atoms with Crippen LogP contribution in [0.3, 0.4) is 0 Å². The molecule has 2 fully saturated rings. The molecule has 5 amide bonds. The fourth-order valence-electron chi connectivity index (χ4n) is 5.73. The van der Waals surface area contributed by atoms with Crippen molar-refractivity contribution in [2.24, 2.45) is 28.9 Å². The summed E-state index contributed by atoms with van der Waals surface area (Å²) in [5, 5.41) is 8.20. The number of primary amides is 1. The van der Waals surface area contributed by atoms with Gasteiger partial charge in [0.1, 0.15) is 17.8 Å². The molecule has 1 saturated carbocycles. The molecule has 2 unspecified atom stereocenters. The number of nitrogens with zero attached hydrogens (tertiary/aromatic N) is 2. The Bertz CT molecular complexity index is 1350. The molecule has 45 heavy (non-hydrogen) atoms. The summed E-state index contributed by atoms with van der Waals surface area (Å²) < 4.78 is 0. The molecule has 0 aromatic carbocycles. The summed E-state index contributed by atoms with van der Waals surface area (Å²) in [5.74, 6) is -3.89. The summed E-state index contributed by atoms with van der Waals surface area (Å²) in [7, 11) is 0. The smallest absolute Gasteiger partial charge is 0.316 e. The molecule has 5 atom stereocenters. The molecule has 0 radical (unpaired) electrons. The number of ketones is 2. The zero-order valence-electron chi connectivity index (χ0n) is 27.4. The predicted molar refractivity (Wildman–Crippen MR) is 169 cm³/mol. The number of Topliss-reactive ketones (excluding diaryl/α,β-unsaturated/α-hetero) is 2. The number of amides is 5. The van der Waals surface area contributed by atoms with Crippen molar-refractivity contribution in [2.45, 2.75) is 98.3 Å². The SMILES string of the molecule is C=C(C)[C@H]1CCN(C(=O)[C@@H](NC(=O)N[C@H](C(=O)c2cccc(C)n2)C(C)C)C(C)(C)C)C1C(=O)NC(CC1CC1)C(=O)C(N)=O. The average molecular weight is 625 g/mol. The van der Waals surface area contributed by atoms with Gasteiger partial charge >= 0.3 is 6.03 Å². The molecule has 2 heterocycles. The number of carbonyl (C=O) groups is 6. The van der Waals surface area contributed by atoms with Gasteiger partial charge < -0.3 is 26.6 Å². The van der Waals surface area contributed by atoms with Gasteiger partial charge in [-0.15, -0.1) is 0 Å². The molecule has 0 spiro atoms. The van der Waals surface area contributed by atoms with Gasteiger partial charge in [0.05, 0.1) is 12.1 Å². The van der Waals surface area contributed by atoms with Crippen molar-refractivity contribution in [3.8, 4) is 0 Å². The second kappa shape index (κ2) is 14.3. The number of nitrogens with two attached hydrogens (primary N) is 1. The van der Waals surface area contributed by atoms with Gasteiger partial charge in [-0.2, -0.15) is 0 Å². The lowest BCUT2D eigenvalue weighted by molar-refractivity contribution is -0.144. The van der Waals surface area contributed by atoms with Crippen molar-refractivity contribution < 1.29 is 28.8 Å². The van der Waals surface area contributed by atoms with Crippen LogP contribution in [0.15, 0.2) is 30.4 Å². The van der Waals surface area contributed by atoms with Crippen LogP contribution >= 0.6 is 0 Å². The maximum absolute atomic E-state index is 14.2. The van der Waals surface area contributed by atoms with E-state index >= 15 is 0 Å². The van der Waals surface area contributed by atoms with Crippen LogP contribution in [0.5, 0.6) is 0 Å². The normalized spacial score (nSPS) is 20.1. The first-order chi connectivity index (χ1) is 20.9. The van der Waals surface area contributed by atoms with Crippen molar-refractivity contribution >= 4 is 35.3 Å². The summed E-state index contributed by atoms with van der Waals surface area (Å²) in [6.07, 6.45) is 2.54. The summed E-state index contributed by atoms with van der Waals surface area (Å²) in [6.45, 7) is 16.8. The third kappa shape index (κ3) is 8.98. The van der Waals surface area contributed by atoms with E-state index < -0.39 is 65.0 Å². The van der Waals surface area contributed by atoms with Crippen molar-refractivity contribution in [1.82, 2.24) is 25.8 Å². The van der Waals surface area contributed by atoms with Crippen molar-refractivity contribution in [2.75, 3.05) is 6.54 Å². The van der Waals surface area contributed by atoms with E-state index in [1.54, 1.807) is 66.7 Å². The summed E-state index contributed by atoms with van der Waals surface area (Å²) in [5.41, 5.74) is 6.06. The van der Waals surface area contributed by atoms with Crippen LogP contribution in [-0.2, 0) is 19.2 Å². The van der Waals surface area contributed by atoms with Crippen molar-refractivity contribution in [1.29, 1.82) is 0 Å². The quantitative estimate of drug-likeness (QED) is 0.148. The minimum atomic E-state index is -1.13. The third-order valence-electron chi connectivity index (χ3n) is 8.49. The fraction of sp³-hybridized carbons (Fsp3) is 0.606.